The number of benzene rings is 1. The molecule has 0 saturated carbocycles. The standard InChI is InChI=1S/C10H12.C7H14N2/c1-3-6-10-8-5-4-7-9(10)2;1-4-7-5-6(2)8-9(7)3/h3-8H,1-2H3;4,6-8H,1,5H2,2-3H3/b6-3-;. The van der Waals surface area contributed by atoms with Crippen molar-refractivity contribution in [3.8, 4) is 0 Å². The molecule has 0 amide bonds. The molecule has 0 aliphatic carbocycles. The Hall–Kier alpha value is -1.38. The summed E-state index contributed by atoms with van der Waals surface area (Å²) >= 11 is 0. The van der Waals surface area contributed by atoms with Crippen LogP contribution in [0.4, 0.5) is 0 Å². The summed E-state index contributed by atoms with van der Waals surface area (Å²) in [7, 11) is 2.05. The summed E-state index contributed by atoms with van der Waals surface area (Å²) in [6, 6.07) is 9.49. The third kappa shape index (κ3) is 5.01. The molecule has 1 saturated heterocycles. The van der Waals surface area contributed by atoms with Crippen molar-refractivity contribution in [1.29, 1.82) is 0 Å². The molecule has 0 radical (unpaired) electrons. The second kappa shape index (κ2) is 7.93. The first-order valence-corrected chi connectivity index (χ1v) is 6.88. The Morgan fingerprint density at radius 2 is 2.05 bits per heavy atom. The highest BCUT2D eigenvalue weighted by molar-refractivity contribution is 5.52. The van der Waals surface area contributed by atoms with Gasteiger partial charge in [-0.1, -0.05) is 42.5 Å². The molecule has 0 bridgehead atoms. The summed E-state index contributed by atoms with van der Waals surface area (Å²) in [6.45, 7) is 10.1. The van der Waals surface area contributed by atoms with E-state index in [0.29, 0.717) is 12.1 Å². The lowest BCUT2D eigenvalue weighted by molar-refractivity contribution is 0.259. The van der Waals surface area contributed by atoms with Crippen LogP contribution in [0.3, 0.4) is 0 Å². The molecule has 1 heterocycles. The first-order chi connectivity index (χ1) is 9.08. The van der Waals surface area contributed by atoms with Crippen LogP contribution in [-0.4, -0.2) is 24.1 Å². The predicted octanol–water partition coefficient (Wildman–Crippen LogP) is 3.80. The molecule has 2 rings (SSSR count). The van der Waals surface area contributed by atoms with Crippen LogP contribution in [-0.2, 0) is 0 Å². The zero-order valence-corrected chi connectivity index (χ0v) is 12.6. The van der Waals surface area contributed by atoms with Gasteiger partial charge in [-0.3, -0.25) is 5.43 Å². The van der Waals surface area contributed by atoms with Gasteiger partial charge in [0.15, 0.2) is 0 Å². The van der Waals surface area contributed by atoms with Crippen LogP contribution < -0.4 is 5.43 Å². The third-order valence-electron chi connectivity index (χ3n) is 3.32. The van der Waals surface area contributed by atoms with Gasteiger partial charge in [0.25, 0.3) is 0 Å². The molecule has 104 valence electrons. The van der Waals surface area contributed by atoms with Gasteiger partial charge in [0.05, 0.1) is 0 Å². The van der Waals surface area contributed by atoms with E-state index in [9.17, 15) is 0 Å². The van der Waals surface area contributed by atoms with Gasteiger partial charge in [-0.2, -0.15) is 0 Å². The van der Waals surface area contributed by atoms with Gasteiger partial charge < -0.3 is 0 Å². The van der Waals surface area contributed by atoms with Crippen molar-refractivity contribution in [3.05, 3.63) is 54.1 Å². The zero-order valence-electron chi connectivity index (χ0n) is 12.6. The smallest absolute Gasteiger partial charge is 0.0433 e. The Balaban J connectivity index is 0.000000191. The molecule has 1 fully saturated rings. The summed E-state index contributed by atoms with van der Waals surface area (Å²) in [5.41, 5.74) is 5.92. The Labute approximate surface area is 117 Å². The predicted molar refractivity (Wildman–Crippen MR) is 84.8 cm³/mol. The Morgan fingerprint density at radius 3 is 2.47 bits per heavy atom. The van der Waals surface area contributed by atoms with Crippen LogP contribution in [0.25, 0.3) is 6.08 Å². The summed E-state index contributed by atoms with van der Waals surface area (Å²) in [6.07, 6.45) is 7.34. The van der Waals surface area contributed by atoms with E-state index in [-0.39, 0.29) is 0 Å². The van der Waals surface area contributed by atoms with Gasteiger partial charge in [0, 0.05) is 19.1 Å². The Kier molecular flexibility index (Phi) is 6.54. The van der Waals surface area contributed by atoms with Gasteiger partial charge in [0.2, 0.25) is 0 Å². The van der Waals surface area contributed by atoms with E-state index >= 15 is 0 Å². The number of aryl methyl sites for hydroxylation is 1. The molecule has 2 atom stereocenters. The second-order valence-corrected chi connectivity index (χ2v) is 5.04. The molecule has 0 spiro atoms. The quantitative estimate of drug-likeness (QED) is 0.812. The van der Waals surface area contributed by atoms with Crippen LogP contribution in [0.5, 0.6) is 0 Å². The lowest BCUT2D eigenvalue weighted by atomic mass is 10.1. The van der Waals surface area contributed by atoms with Crippen LogP contribution in [0.15, 0.2) is 43.0 Å². The maximum Gasteiger partial charge on any atom is 0.0433 e. The van der Waals surface area contributed by atoms with Crippen molar-refractivity contribution in [1.82, 2.24) is 10.4 Å². The molecule has 0 aromatic heterocycles. The van der Waals surface area contributed by atoms with Gasteiger partial charge in [-0.05, 0) is 38.3 Å². The van der Waals surface area contributed by atoms with Crippen molar-refractivity contribution in [2.24, 2.45) is 0 Å². The zero-order chi connectivity index (χ0) is 14.3. The highest BCUT2D eigenvalue weighted by Gasteiger charge is 2.22. The number of allylic oxidation sites excluding steroid dienone is 1. The van der Waals surface area contributed by atoms with E-state index in [4.69, 9.17) is 0 Å². The third-order valence-corrected chi connectivity index (χ3v) is 3.32. The number of nitrogens with one attached hydrogen (secondary N) is 1. The molecule has 1 aliphatic heterocycles. The average molecular weight is 258 g/mol. The molecule has 1 aromatic rings. The van der Waals surface area contributed by atoms with Crippen LogP contribution in [0.1, 0.15) is 31.4 Å². The Bertz CT molecular complexity index is 423. The SMILES string of the molecule is C/C=C\c1ccccc1C.C=CC1CC(C)NN1C. The van der Waals surface area contributed by atoms with Gasteiger partial charge in [-0.25, -0.2) is 5.01 Å². The van der Waals surface area contributed by atoms with Crippen molar-refractivity contribution >= 4 is 6.08 Å². The van der Waals surface area contributed by atoms with Crippen LogP contribution >= 0.6 is 0 Å². The molecular formula is C17H26N2. The largest absolute Gasteiger partial charge is 0.252 e. The number of hydrogen-bond donors (Lipinski definition) is 1. The minimum atomic E-state index is 0.528. The molecule has 1 N–H and O–H groups in total. The minimum Gasteiger partial charge on any atom is -0.252 e. The lowest BCUT2D eigenvalue weighted by Crippen LogP contribution is -2.33. The van der Waals surface area contributed by atoms with Crippen molar-refractivity contribution in [2.75, 3.05) is 7.05 Å². The first kappa shape index (κ1) is 15.7. The van der Waals surface area contributed by atoms with E-state index in [1.165, 1.54) is 17.5 Å². The van der Waals surface area contributed by atoms with Crippen LogP contribution in [0, 0.1) is 6.92 Å². The number of hydrazine groups is 1. The van der Waals surface area contributed by atoms with Gasteiger partial charge >= 0.3 is 0 Å². The van der Waals surface area contributed by atoms with Crippen LogP contribution in [0.2, 0.25) is 0 Å². The Morgan fingerprint density at radius 1 is 1.37 bits per heavy atom. The summed E-state index contributed by atoms with van der Waals surface area (Å²) in [4.78, 5) is 0. The first-order valence-electron chi connectivity index (χ1n) is 6.88. The molecular weight excluding hydrogens is 232 g/mol. The number of likely N-dealkylation sites (N-methyl/N-ethyl adjacent to an activating group) is 1. The molecule has 1 aromatic carbocycles. The maximum atomic E-state index is 3.75. The van der Waals surface area contributed by atoms with Gasteiger partial charge in [-0.15, -0.1) is 6.58 Å². The molecule has 2 unspecified atom stereocenters. The molecule has 2 nitrogen and oxygen atoms in total. The van der Waals surface area contributed by atoms with Crippen molar-refractivity contribution < 1.29 is 0 Å². The average Bonchev–Trinajstić information content (AvgIpc) is 2.72. The van der Waals surface area contributed by atoms with E-state index < -0.39 is 0 Å². The molecule has 2 heteroatoms. The fourth-order valence-electron chi connectivity index (χ4n) is 2.22. The minimum absolute atomic E-state index is 0.528. The monoisotopic (exact) mass is 258 g/mol. The fraction of sp³-hybridized carbons (Fsp3) is 0.412. The number of nitrogens with zero attached hydrogens (tertiary/aromatic N) is 1. The highest BCUT2D eigenvalue weighted by atomic mass is 15.5. The highest BCUT2D eigenvalue weighted by Crippen LogP contribution is 2.12. The van der Waals surface area contributed by atoms with E-state index in [2.05, 4.69) is 74.3 Å². The van der Waals surface area contributed by atoms with Crippen molar-refractivity contribution in [2.45, 2.75) is 39.3 Å². The van der Waals surface area contributed by atoms with E-state index in [1.807, 2.05) is 13.0 Å². The second-order valence-electron chi connectivity index (χ2n) is 5.04. The topological polar surface area (TPSA) is 15.3 Å². The summed E-state index contributed by atoms with van der Waals surface area (Å²) in [5.74, 6) is 0. The summed E-state index contributed by atoms with van der Waals surface area (Å²) < 4.78 is 0. The molecule has 19 heavy (non-hydrogen) atoms. The number of hydrogen-bond acceptors (Lipinski definition) is 2. The van der Waals surface area contributed by atoms with E-state index in [1.54, 1.807) is 0 Å². The normalized spacial score (nSPS) is 23.2. The maximum absolute atomic E-state index is 3.75. The van der Waals surface area contributed by atoms with Crippen molar-refractivity contribution in [3.63, 3.8) is 0 Å². The lowest BCUT2D eigenvalue weighted by Gasteiger charge is -2.13. The summed E-state index contributed by atoms with van der Waals surface area (Å²) in [5, 5.41) is 2.11. The molecule has 1 aliphatic rings. The van der Waals surface area contributed by atoms with Gasteiger partial charge in [0.1, 0.15) is 0 Å². The number of rotatable bonds is 2. The van der Waals surface area contributed by atoms with E-state index in [0.717, 1.165) is 0 Å². The fourth-order valence-corrected chi connectivity index (χ4v) is 2.22.